The molecule has 0 unspecified atom stereocenters. The number of aromatic nitrogens is 2. The number of nitrogens with one attached hydrogen (secondary N) is 1. The Bertz CT molecular complexity index is 457. The maximum atomic E-state index is 5.93. The van der Waals surface area contributed by atoms with E-state index >= 15 is 0 Å². The molecule has 2 saturated heterocycles. The van der Waals surface area contributed by atoms with Crippen LogP contribution >= 0.6 is 0 Å². The van der Waals surface area contributed by atoms with E-state index in [1.807, 2.05) is 6.20 Å². The van der Waals surface area contributed by atoms with Crippen molar-refractivity contribution in [3.8, 4) is 0 Å². The summed E-state index contributed by atoms with van der Waals surface area (Å²) < 4.78 is 11.4. The van der Waals surface area contributed by atoms with Gasteiger partial charge in [-0.2, -0.15) is 0 Å². The predicted octanol–water partition coefficient (Wildman–Crippen LogP) is 1.27. The number of imidazole rings is 1. The van der Waals surface area contributed by atoms with Crippen molar-refractivity contribution in [3.05, 3.63) is 17.7 Å². The number of H-pyrrole nitrogens is 1. The third kappa shape index (κ3) is 4.29. The first-order valence-corrected chi connectivity index (χ1v) is 8.31. The van der Waals surface area contributed by atoms with Gasteiger partial charge in [0.15, 0.2) is 0 Å². The highest BCUT2D eigenvalue weighted by Gasteiger charge is 2.26. The van der Waals surface area contributed by atoms with Crippen LogP contribution in [0.4, 0.5) is 0 Å². The fourth-order valence-electron chi connectivity index (χ4n) is 3.29. The summed E-state index contributed by atoms with van der Waals surface area (Å²) in [5.74, 6) is 1.74. The summed E-state index contributed by atoms with van der Waals surface area (Å²) in [5, 5.41) is 0. The molecule has 2 aliphatic heterocycles. The van der Waals surface area contributed by atoms with Crippen molar-refractivity contribution in [1.82, 2.24) is 19.8 Å². The first kappa shape index (κ1) is 15.9. The van der Waals surface area contributed by atoms with Crippen molar-refractivity contribution in [2.45, 2.75) is 25.5 Å². The minimum absolute atomic E-state index is 0.0736. The molecule has 1 atom stereocenters. The molecule has 0 aliphatic carbocycles. The molecule has 1 N–H and O–H groups in total. The molecule has 1 aromatic rings. The van der Waals surface area contributed by atoms with Crippen molar-refractivity contribution in [1.29, 1.82) is 0 Å². The Morgan fingerprint density at radius 2 is 2.14 bits per heavy atom. The van der Waals surface area contributed by atoms with Gasteiger partial charge in [-0.25, -0.2) is 4.98 Å². The van der Waals surface area contributed by atoms with Crippen LogP contribution in [0.2, 0.25) is 0 Å². The Morgan fingerprint density at radius 1 is 1.32 bits per heavy atom. The van der Waals surface area contributed by atoms with Crippen molar-refractivity contribution < 1.29 is 9.47 Å². The molecule has 124 valence electrons. The summed E-state index contributed by atoms with van der Waals surface area (Å²) in [7, 11) is 4.13. The van der Waals surface area contributed by atoms with E-state index in [4.69, 9.17) is 9.47 Å². The number of nitrogens with zero attached hydrogens (tertiary/aromatic N) is 3. The van der Waals surface area contributed by atoms with Crippen molar-refractivity contribution in [2.24, 2.45) is 5.92 Å². The molecular weight excluding hydrogens is 280 g/mol. The number of hydrogen-bond donors (Lipinski definition) is 1. The summed E-state index contributed by atoms with van der Waals surface area (Å²) in [6.45, 7) is 6.64. The lowest BCUT2D eigenvalue weighted by Gasteiger charge is -2.35. The van der Waals surface area contributed by atoms with Crippen LogP contribution in [-0.4, -0.2) is 73.3 Å². The Balaban J connectivity index is 1.54. The van der Waals surface area contributed by atoms with Crippen molar-refractivity contribution >= 4 is 0 Å². The zero-order valence-electron chi connectivity index (χ0n) is 13.8. The summed E-state index contributed by atoms with van der Waals surface area (Å²) in [4.78, 5) is 12.6. The zero-order chi connectivity index (χ0) is 15.4. The standard InChI is InChI=1S/C16H28N4O2/c1-19(2)11-14-9-17-16(18-14)15-12-20(5-8-22-15)10-13-3-6-21-7-4-13/h9,13,15H,3-8,10-12H2,1-2H3,(H,17,18)/t15-/m1/s1. The van der Waals surface area contributed by atoms with Crippen LogP contribution in [0.15, 0.2) is 6.20 Å². The first-order valence-electron chi connectivity index (χ1n) is 8.31. The lowest BCUT2D eigenvalue weighted by Crippen LogP contribution is -2.42. The van der Waals surface area contributed by atoms with Crippen LogP contribution in [0.1, 0.15) is 30.5 Å². The van der Waals surface area contributed by atoms with Crippen LogP contribution in [0, 0.1) is 5.92 Å². The Hall–Kier alpha value is -0.950. The first-order chi connectivity index (χ1) is 10.7. The second-order valence-electron chi connectivity index (χ2n) is 6.71. The van der Waals surface area contributed by atoms with Gasteiger partial charge in [0.25, 0.3) is 0 Å². The SMILES string of the molecule is CN(C)Cc1cnc([C@H]2CN(CC3CCOCC3)CCO2)[nH]1. The van der Waals surface area contributed by atoms with E-state index in [1.165, 1.54) is 12.8 Å². The molecule has 3 rings (SSSR count). The molecule has 2 aliphatic rings. The number of aromatic amines is 1. The molecule has 0 saturated carbocycles. The van der Waals surface area contributed by atoms with Gasteiger partial charge in [-0.1, -0.05) is 0 Å². The highest BCUT2D eigenvalue weighted by Crippen LogP contribution is 2.23. The average Bonchev–Trinajstić information content (AvgIpc) is 2.96. The van der Waals surface area contributed by atoms with Gasteiger partial charge in [-0.15, -0.1) is 0 Å². The summed E-state index contributed by atoms with van der Waals surface area (Å²) in [6, 6.07) is 0. The van der Waals surface area contributed by atoms with Gasteiger partial charge in [-0.05, 0) is 32.9 Å². The molecule has 6 nitrogen and oxygen atoms in total. The third-order valence-electron chi connectivity index (χ3n) is 4.45. The van der Waals surface area contributed by atoms with Crippen molar-refractivity contribution in [3.63, 3.8) is 0 Å². The molecular formula is C16H28N4O2. The van der Waals surface area contributed by atoms with E-state index in [0.717, 1.165) is 63.4 Å². The smallest absolute Gasteiger partial charge is 0.136 e. The van der Waals surface area contributed by atoms with E-state index in [-0.39, 0.29) is 6.10 Å². The minimum atomic E-state index is 0.0736. The second kappa shape index (κ2) is 7.55. The van der Waals surface area contributed by atoms with Gasteiger partial charge < -0.3 is 19.4 Å². The number of morpholine rings is 1. The molecule has 6 heteroatoms. The van der Waals surface area contributed by atoms with Gasteiger partial charge in [0.1, 0.15) is 11.9 Å². The quantitative estimate of drug-likeness (QED) is 0.888. The Kier molecular flexibility index (Phi) is 5.46. The third-order valence-corrected chi connectivity index (χ3v) is 4.45. The summed E-state index contributed by atoms with van der Waals surface area (Å²) in [6.07, 6.45) is 4.38. The summed E-state index contributed by atoms with van der Waals surface area (Å²) >= 11 is 0. The Morgan fingerprint density at radius 3 is 2.91 bits per heavy atom. The lowest BCUT2D eigenvalue weighted by atomic mass is 9.99. The van der Waals surface area contributed by atoms with E-state index in [2.05, 4.69) is 33.9 Å². The normalized spacial score (nSPS) is 25.0. The van der Waals surface area contributed by atoms with E-state index in [9.17, 15) is 0 Å². The molecule has 2 fully saturated rings. The number of hydrogen-bond acceptors (Lipinski definition) is 5. The molecule has 22 heavy (non-hydrogen) atoms. The largest absolute Gasteiger partial charge is 0.381 e. The van der Waals surface area contributed by atoms with Gasteiger partial charge in [0, 0.05) is 51.3 Å². The molecule has 0 spiro atoms. The van der Waals surface area contributed by atoms with Gasteiger partial charge in [-0.3, -0.25) is 4.90 Å². The highest BCUT2D eigenvalue weighted by atomic mass is 16.5. The fraction of sp³-hybridized carbons (Fsp3) is 0.812. The van der Waals surface area contributed by atoms with Gasteiger partial charge in [0.2, 0.25) is 0 Å². The fourth-order valence-corrected chi connectivity index (χ4v) is 3.29. The summed E-state index contributed by atoms with van der Waals surface area (Å²) in [5.41, 5.74) is 1.14. The van der Waals surface area contributed by atoms with Crippen LogP contribution in [-0.2, 0) is 16.0 Å². The van der Waals surface area contributed by atoms with E-state index < -0.39 is 0 Å². The number of rotatable bonds is 5. The minimum Gasteiger partial charge on any atom is -0.381 e. The average molecular weight is 308 g/mol. The van der Waals surface area contributed by atoms with Crippen LogP contribution < -0.4 is 0 Å². The highest BCUT2D eigenvalue weighted by molar-refractivity contribution is 5.04. The Labute approximate surface area is 132 Å². The monoisotopic (exact) mass is 308 g/mol. The molecule has 0 bridgehead atoms. The molecule has 3 heterocycles. The maximum absolute atomic E-state index is 5.93. The van der Waals surface area contributed by atoms with Crippen LogP contribution in [0.25, 0.3) is 0 Å². The second-order valence-corrected chi connectivity index (χ2v) is 6.71. The zero-order valence-corrected chi connectivity index (χ0v) is 13.8. The van der Waals surface area contributed by atoms with E-state index in [1.54, 1.807) is 0 Å². The maximum Gasteiger partial charge on any atom is 0.136 e. The van der Waals surface area contributed by atoms with Gasteiger partial charge >= 0.3 is 0 Å². The lowest BCUT2D eigenvalue weighted by molar-refractivity contribution is -0.0445. The van der Waals surface area contributed by atoms with Crippen LogP contribution in [0.3, 0.4) is 0 Å². The molecule has 0 aromatic carbocycles. The topological polar surface area (TPSA) is 53.6 Å². The van der Waals surface area contributed by atoms with Crippen LogP contribution in [0.5, 0.6) is 0 Å². The molecule has 1 aromatic heterocycles. The van der Waals surface area contributed by atoms with E-state index in [0.29, 0.717) is 0 Å². The molecule has 0 amide bonds. The number of ether oxygens (including phenoxy) is 2. The predicted molar refractivity (Wildman–Crippen MR) is 84.7 cm³/mol. The van der Waals surface area contributed by atoms with Crippen molar-refractivity contribution in [2.75, 3.05) is 53.6 Å². The molecule has 0 radical (unpaired) electrons. The van der Waals surface area contributed by atoms with Gasteiger partial charge in [0.05, 0.1) is 6.61 Å².